The molecule has 0 aromatic heterocycles. The van der Waals surface area contributed by atoms with E-state index in [9.17, 15) is 0 Å². The fraction of sp³-hybridized carbons (Fsp3) is 0.600. The molecule has 2 rings (SSSR count). The summed E-state index contributed by atoms with van der Waals surface area (Å²) in [5, 5.41) is 0. The molecule has 2 heteroatoms. The third-order valence-corrected chi connectivity index (χ3v) is 4.25. The minimum atomic E-state index is 0.402. The van der Waals surface area contributed by atoms with Gasteiger partial charge in [-0.25, -0.2) is 0 Å². The van der Waals surface area contributed by atoms with Crippen LogP contribution in [0.3, 0.4) is 0 Å². The van der Waals surface area contributed by atoms with Crippen LogP contribution in [0.25, 0.3) is 0 Å². The Morgan fingerprint density at radius 1 is 1.12 bits per heavy atom. The highest BCUT2D eigenvalue weighted by Gasteiger charge is 2.39. The monoisotopic (exact) mass is 232 g/mol. The SMILES string of the molecule is CCN(CC)CC1(c2ccc(N)cc2)CCC1. The number of nitrogens with two attached hydrogens (primary N) is 1. The molecule has 94 valence electrons. The fourth-order valence-electron chi connectivity index (χ4n) is 2.85. The van der Waals surface area contributed by atoms with Gasteiger partial charge in [-0.1, -0.05) is 32.4 Å². The van der Waals surface area contributed by atoms with E-state index in [1.54, 1.807) is 0 Å². The van der Waals surface area contributed by atoms with E-state index in [0.717, 1.165) is 18.8 Å². The Morgan fingerprint density at radius 3 is 2.12 bits per heavy atom. The average molecular weight is 232 g/mol. The Kier molecular flexibility index (Phi) is 3.72. The first-order valence-corrected chi connectivity index (χ1v) is 6.78. The number of nitrogens with zero attached hydrogens (tertiary/aromatic N) is 1. The summed E-state index contributed by atoms with van der Waals surface area (Å²) < 4.78 is 0. The van der Waals surface area contributed by atoms with Crippen LogP contribution in [-0.4, -0.2) is 24.5 Å². The number of hydrogen-bond acceptors (Lipinski definition) is 2. The second kappa shape index (κ2) is 5.09. The molecule has 0 aliphatic heterocycles. The van der Waals surface area contributed by atoms with Crippen LogP contribution in [0.5, 0.6) is 0 Å². The maximum atomic E-state index is 5.77. The highest BCUT2D eigenvalue weighted by molar-refractivity contribution is 5.42. The number of nitrogen functional groups attached to an aromatic ring is 1. The minimum Gasteiger partial charge on any atom is -0.399 e. The third-order valence-electron chi connectivity index (χ3n) is 4.25. The maximum Gasteiger partial charge on any atom is 0.0314 e. The topological polar surface area (TPSA) is 29.3 Å². The lowest BCUT2D eigenvalue weighted by Gasteiger charge is -2.45. The molecule has 2 N–H and O–H groups in total. The molecule has 0 heterocycles. The van der Waals surface area contributed by atoms with Crippen molar-refractivity contribution >= 4 is 5.69 Å². The number of benzene rings is 1. The van der Waals surface area contributed by atoms with Crippen molar-refractivity contribution in [2.45, 2.75) is 38.5 Å². The maximum absolute atomic E-state index is 5.77. The molecule has 1 fully saturated rings. The largest absolute Gasteiger partial charge is 0.399 e. The number of rotatable bonds is 5. The molecule has 0 saturated heterocycles. The van der Waals surface area contributed by atoms with Gasteiger partial charge in [0.15, 0.2) is 0 Å². The Hall–Kier alpha value is -1.02. The lowest BCUT2D eigenvalue weighted by molar-refractivity contribution is 0.148. The molecule has 2 nitrogen and oxygen atoms in total. The van der Waals surface area contributed by atoms with E-state index in [1.807, 2.05) is 12.1 Å². The molecule has 1 aromatic carbocycles. The van der Waals surface area contributed by atoms with E-state index in [2.05, 4.69) is 30.9 Å². The molecule has 0 unspecified atom stereocenters. The van der Waals surface area contributed by atoms with Crippen molar-refractivity contribution < 1.29 is 0 Å². The number of likely N-dealkylation sites (N-methyl/N-ethyl adjacent to an activating group) is 1. The van der Waals surface area contributed by atoms with E-state index >= 15 is 0 Å². The zero-order valence-electron chi connectivity index (χ0n) is 11.1. The standard InChI is InChI=1S/C15H24N2/c1-3-17(4-2)12-15(10-5-11-15)13-6-8-14(16)9-7-13/h6-9H,3-5,10-12,16H2,1-2H3. The van der Waals surface area contributed by atoms with Crippen molar-refractivity contribution in [3.05, 3.63) is 29.8 Å². The summed E-state index contributed by atoms with van der Waals surface area (Å²) in [6.45, 7) is 7.99. The van der Waals surface area contributed by atoms with E-state index in [0.29, 0.717) is 5.41 Å². The van der Waals surface area contributed by atoms with Crippen LogP contribution < -0.4 is 5.73 Å². The van der Waals surface area contributed by atoms with Crippen molar-refractivity contribution in [2.24, 2.45) is 0 Å². The number of hydrogen-bond donors (Lipinski definition) is 1. The van der Waals surface area contributed by atoms with Crippen LogP contribution in [0.15, 0.2) is 24.3 Å². The molecule has 1 aliphatic carbocycles. The van der Waals surface area contributed by atoms with Crippen molar-refractivity contribution in [1.82, 2.24) is 4.90 Å². The first-order valence-electron chi connectivity index (χ1n) is 6.78. The molecule has 1 aliphatic rings. The lowest BCUT2D eigenvalue weighted by atomic mass is 9.64. The van der Waals surface area contributed by atoms with Gasteiger partial charge in [-0.05, 0) is 43.6 Å². The van der Waals surface area contributed by atoms with Gasteiger partial charge in [0.25, 0.3) is 0 Å². The normalized spacial score (nSPS) is 18.1. The van der Waals surface area contributed by atoms with E-state index in [4.69, 9.17) is 5.73 Å². The van der Waals surface area contributed by atoms with Crippen molar-refractivity contribution in [3.63, 3.8) is 0 Å². The first-order chi connectivity index (χ1) is 8.20. The summed E-state index contributed by atoms with van der Waals surface area (Å²) in [7, 11) is 0. The Balaban J connectivity index is 2.16. The van der Waals surface area contributed by atoms with Crippen molar-refractivity contribution in [2.75, 3.05) is 25.4 Å². The Bertz CT molecular complexity index is 348. The molecule has 17 heavy (non-hydrogen) atoms. The minimum absolute atomic E-state index is 0.402. The quantitative estimate of drug-likeness (QED) is 0.791. The lowest BCUT2D eigenvalue weighted by Crippen LogP contribution is -2.45. The van der Waals surface area contributed by atoms with Crippen molar-refractivity contribution in [3.8, 4) is 0 Å². The molecular weight excluding hydrogens is 208 g/mol. The van der Waals surface area contributed by atoms with Crippen molar-refractivity contribution in [1.29, 1.82) is 0 Å². The second-order valence-corrected chi connectivity index (χ2v) is 5.22. The summed E-state index contributed by atoms with van der Waals surface area (Å²) in [4.78, 5) is 2.54. The van der Waals surface area contributed by atoms with Crippen LogP contribution >= 0.6 is 0 Å². The van der Waals surface area contributed by atoms with Crippen LogP contribution in [0, 0.1) is 0 Å². The highest BCUT2D eigenvalue weighted by atomic mass is 15.1. The zero-order valence-corrected chi connectivity index (χ0v) is 11.1. The third kappa shape index (κ3) is 2.47. The summed E-state index contributed by atoms with van der Waals surface area (Å²) in [6.07, 6.45) is 4.02. The molecule has 0 spiro atoms. The zero-order chi connectivity index (χ0) is 12.3. The van der Waals surface area contributed by atoms with Gasteiger partial charge in [-0.15, -0.1) is 0 Å². The van der Waals surface area contributed by atoms with Crippen LogP contribution in [-0.2, 0) is 5.41 Å². The van der Waals surface area contributed by atoms with Gasteiger partial charge < -0.3 is 10.6 Å². The predicted molar refractivity (Wildman–Crippen MR) is 74.2 cm³/mol. The molecule has 1 aromatic rings. The molecule has 0 atom stereocenters. The van der Waals surface area contributed by atoms with E-state index in [-0.39, 0.29) is 0 Å². The van der Waals surface area contributed by atoms with E-state index in [1.165, 1.54) is 31.4 Å². The van der Waals surface area contributed by atoms with Gasteiger partial charge in [0.05, 0.1) is 0 Å². The second-order valence-electron chi connectivity index (χ2n) is 5.22. The smallest absolute Gasteiger partial charge is 0.0314 e. The average Bonchev–Trinajstić information content (AvgIpc) is 2.30. The summed E-state index contributed by atoms with van der Waals surface area (Å²) in [5.74, 6) is 0. The first kappa shape index (κ1) is 12.4. The van der Waals surface area contributed by atoms with E-state index < -0.39 is 0 Å². The van der Waals surface area contributed by atoms with Gasteiger partial charge in [-0.3, -0.25) is 0 Å². The summed E-state index contributed by atoms with van der Waals surface area (Å²) in [6, 6.07) is 8.52. The van der Waals surface area contributed by atoms with Crippen LogP contribution in [0.2, 0.25) is 0 Å². The fourth-order valence-corrected chi connectivity index (χ4v) is 2.85. The highest BCUT2D eigenvalue weighted by Crippen LogP contribution is 2.44. The van der Waals surface area contributed by atoms with Gasteiger partial charge in [0.2, 0.25) is 0 Å². The number of anilines is 1. The predicted octanol–water partition coefficient (Wildman–Crippen LogP) is 3.03. The van der Waals surface area contributed by atoms with Gasteiger partial charge in [0.1, 0.15) is 0 Å². The summed E-state index contributed by atoms with van der Waals surface area (Å²) in [5.41, 5.74) is 8.52. The van der Waals surface area contributed by atoms with Crippen LogP contribution in [0.4, 0.5) is 5.69 Å². The Morgan fingerprint density at radius 2 is 1.71 bits per heavy atom. The molecule has 0 bridgehead atoms. The molecular formula is C15H24N2. The summed E-state index contributed by atoms with van der Waals surface area (Å²) >= 11 is 0. The van der Waals surface area contributed by atoms with Crippen LogP contribution in [0.1, 0.15) is 38.7 Å². The van der Waals surface area contributed by atoms with Gasteiger partial charge >= 0.3 is 0 Å². The molecule has 1 saturated carbocycles. The van der Waals surface area contributed by atoms with Gasteiger partial charge in [-0.2, -0.15) is 0 Å². The molecule has 0 radical (unpaired) electrons. The Labute approximate surface area is 105 Å². The molecule has 0 amide bonds. The van der Waals surface area contributed by atoms with Gasteiger partial charge in [0, 0.05) is 17.6 Å².